The number of nitrogens with zero attached hydrogens (tertiary/aromatic N) is 2. The summed E-state index contributed by atoms with van der Waals surface area (Å²) < 4.78 is 20.6. The summed E-state index contributed by atoms with van der Waals surface area (Å²) in [7, 11) is 0. The second-order valence-electron chi connectivity index (χ2n) is 5.88. The molecular formula is C13H20N2O12. The number of aliphatic hydroxyl groups is 1. The topological polar surface area (TPSA) is 179 Å². The van der Waals surface area contributed by atoms with Crippen LogP contribution in [0.4, 0.5) is 4.79 Å². The van der Waals surface area contributed by atoms with E-state index in [4.69, 9.17) is 18.9 Å². The van der Waals surface area contributed by atoms with Crippen molar-refractivity contribution in [2.45, 2.75) is 49.8 Å². The molecule has 0 amide bonds. The van der Waals surface area contributed by atoms with E-state index in [2.05, 4.69) is 9.68 Å². The molecule has 4 unspecified atom stereocenters. The van der Waals surface area contributed by atoms with Crippen molar-refractivity contribution in [3.63, 3.8) is 0 Å². The molecule has 0 aliphatic carbocycles. The highest BCUT2D eigenvalue weighted by atomic mass is 17.0. The van der Waals surface area contributed by atoms with E-state index in [1.165, 1.54) is 0 Å². The van der Waals surface area contributed by atoms with Crippen LogP contribution in [0.1, 0.15) is 19.3 Å². The molecule has 2 fully saturated rings. The SMILES string of the molecule is O=C(OCCCCC(CO[N+](=O)[O-])O[N+](=O)[O-])OC1CO[C@@H]2C(O)COC12. The molecule has 0 saturated carbocycles. The Morgan fingerprint density at radius 2 is 1.89 bits per heavy atom. The van der Waals surface area contributed by atoms with Crippen LogP contribution in [0.15, 0.2) is 0 Å². The van der Waals surface area contributed by atoms with E-state index in [-0.39, 0.29) is 26.2 Å². The van der Waals surface area contributed by atoms with Gasteiger partial charge in [0.15, 0.2) is 6.10 Å². The second kappa shape index (κ2) is 10.0. The van der Waals surface area contributed by atoms with E-state index >= 15 is 0 Å². The normalized spacial score (nSPS) is 27.4. The molecule has 14 nitrogen and oxygen atoms in total. The molecule has 14 heteroatoms. The van der Waals surface area contributed by atoms with E-state index in [9.17, 15) is 30.1 Å². The fourth-order valence-electron chi connectivity index (χ4n) is 2.76. The smallest absolute Gasteiger partial charge is 0.434 e. The summed E-state index contributed by atoms with van der Waals surface area (Å²) in [6, 6.07) is 0. The molecule has 0 aromatic rings. The number of hydrogen-bond donors (Lipinski definition) is 1. The van der Waals surface area contributed by atoms with Gasteiger partial charge in [-0.05, 0) is 19.3 Å². The van der Waals surface area contributed by atoms with Gasteiger partial charge < -0.3 is 33.7 Å². The maximum atomic E-state index is 11.7. The molecule has 2 rings (SSSR count). The first-order valence-corrected chi connectivity index (χ1v) is 8.20. The highest BCUT2D eigenvalue weighted by molar-refractivity contribution is 5.60. The van der Waals surface area contributed by atoms with Gasteiger partial charge in [-0.15, -0.1) is 20.2 Å². The third-order valence-electron chi connectivity index (χ3n) is 3.97. The highest BCUT2D eigenvalue weighted by Gasteiger charge is 2.49. The first-order valence-electron chi connectivity index (χ1n) is 8.20. The van der Waals surface area contributed by atoms with Gasteiger partial charge in [0.25, 0.3) is 10.2 Å². The minimum atomic E-state index is -1.10. The fourth-order valence-corrected chi connectivity index (χ4v) is 2.76. The van der Waals surface area contributed by atoms with Crippen LogP contribution in [0.25, 0.3) is 0 Å². The largest absolute Gasteiger partial charge is 0.508 e. The molecule has 154 valence electrons. The summed E-state index contributed by atoms with van der Waals surface area (Å²) in [5.41, 5.74) is 0. The highest BCUT2D eigenvalue weighted by Crippen LogP contribution is 2.28. The van der Waals surface area contributed by atoms with Crippen molar-refractivity contribution < 1.29 is 48.7 Å². The number of carbonyl (C=O) groups is 1. The van der Waals surface area contributed by atoms with Crippen LogP contribution in [0.5, 0.6) is 0 Å². The Bertz CT molecular complexity index is 531. The van der Waals surface area contributed by atoms with Crippen molar-refractivity contribution in [1.29, 1.82) is 0 Å². The van der Waals surface area contributed by atoms with Gasteiger partial charge in [-0.2, -0.15) is 0 Å². The lowest BCUT2D eigenvalue weighted by Crippen LogP contribution is -2.34. The Labute approximate surface area is 152 Å². The van der Waals surface area contributed by atoms with Gasteiger partial charge in [0.1, 0.15) is 31.0 Å². The maximum Gasteiger partial charge on any atom is 0.508 e. The molecule has 2 heterocycles. The molecule has 1 N–H and O–H groups in total. The lowest BCUT2D eigenvalue weighted by Gasteiger charge is -2.16. The molecule has 0 radical (unpaired) electrons. The first-order chi connectivity index (χ1) is 12.9. The molecular weight excluding hydrogens is 376 g/mol. The van der Waals surface area contributed by atoms with Gasteiger partial charge in [0.05, 0.1) is 19.8 Å². The van der Waals surface area contributed by atoms with E-state index in [0.29, 0.717) is 12.8 Å². The van der Waals surface area contributed by atoms with Gasteiger partial charge in [-0.3, -0.25) is 0 Å². The standard InChI is InChI=1S/C13H20N2O12/c16-9-6-23-12-10(7-24-11(9)12)26-13(17)22-4-2-1-3-8(27-15(20)21)5-25-14(18)19/h8-12,16H,1-7H2/t8?,9?,10?,11-,12?/m1/s1. The van der Waals surface area contributed by atoms with Gasteiger partial charge in [-0.25, -0.2) is 4.79 Å². The van der Waals surface area contributed by atoms with Gasteiger partial charge in [0, 0.05) is 0 Å². The number of rotatable bonds is 11. The van der Waals surface area contributed by atoms with Crippen LogP contribution in [0.2, 0.25) is 0 Å². The van der Waals surface area contributed by atoms with E-state index in [1.807, 2.05) is 0 Å². The van der Waals surface area contributed by atoms with Crippen LogP contribution < -0.4 is 0 Å². The van der Waals surface area contributed by atoms with E-state index in [0.717, 1.165) is 0 Å². The molecule has 2 aliphatic rings. The van der Waals surface area contributed by atoms with Crippen molar-refractivity contribution in [3.05, 3.63) is 20.2 Å². The number of aliphatic hydroxyl groups excluding tert-OH is 1. The van der Waals surface area contributed by atoms with Gasteiger partial charge in [-0.1, -0.05) is 0 Å². The lowest BCUT2D eigenvalue weighted by atomic mass is 10.1. The van der Waals surface area contributed by atoms with Gasteiger partial charge in [0.2, 0.25) is 0 Å². The zero-order chi connectivity index (χ0) is 19.8. The zero-order valence-corrected chi connectivity index (χ0v) is 14.2. The van der Waals surface area contributed by atoms with Crippen molar-refractivity contribution in [1.82, 2.24) is 0 Å². The quantitative estimate of drug-likeness (QED) is 0.207. The van der Waals surface area contributed by atoms with Crippen LogP contribution in [0, 0.1) is 20.2 Å². The third kappa shape index (κ3) is 6.65. The molecule has 0 aromatic heterocycles. The Hall–Kier alpha value is -2.45. The van der Waals surface area contributed by atoms with E-state index in [1.54, 1.807) is 0 Å². The number of unbranched alkanes of at least 4 members (excludes halogenated alkanes) is 1. The minimum absolute atomic E-state index is 0.0226. The van der Waals surface area contributed by atoms with E-state index < -0.39 is 53.5 Å². The van der Waals surface area contributed by atoms with Crippen LogP contribution in [-0.4, -0.2) is 78.4 Å². The number of carbonyl (C=O) groups excluding carboxylic acids is 1. The van der Waals surface area contributed by atoms with Crippen LogP contribution in [0.3, 0.4) is 0 Å². The Balaban J connectivity index is 1.59. The Morgan fingerprint density at radius 1 is 1.15 bits per heavy atom. The van der Waals surface area contributed by atoms with Gasteiger partial charge >= 0.3 is 6.16 Å². The summed E-state index contributed by atoms with van der Waals surface area (Å²) in [4.78, 5) is 40.5. The number of fused-ring (bicyclic) bond motifs is 1. The Morgan fingerprint density at radius 3 is 2.59 bits per heavy atom. The number of hydrogen-bond acceptors (Lipinski definition) is 12. The molecule has 2 aliphatic heterocycles. The van der Waals surface area contributed by atoms with Crippen molar-refractivity contribution in [2.75, 3.05) is 26.4 Å². The average Bonchev–Trinajstić information content (AvgIpc) is 3.15. The summed E-state index contributed by atoms with van der Waals surface area (Å²) in [6.07, 6.45) is -3.76. The minimum Gasteiger partial charge on any atom is -0.434 e. The molecule has 27 heavy (non-hydrogen) atoms. The first kappa shape index (κ1) is 20.9. The van der Waals surface area contributed by atoms with Crippen molar-refractivity contribution in [2.24, 2.45) is 0 Å². The number of ether oxygens (including phenoxy) is 4. The summed E-state index contributed by atoms with van der Waals surface area (Å²) in [5, 5.41) is 27.9. The summed E-state index contributed by atoms with van der Waals surface area (Å²) in [5.74, 6) is 0. The summed E-state index contributed by atoms with van der Waals surface area (Å²) in [6.45, 7) is -0.395. The molecule has 2 saturated heterocycles. The summed E-state index contributed by atoms with van der Waals surface area (Å²) >= 11 is 0. The maximum absolute atomic E-state index is 11.7. The molecule has 5 atom stereocenters. The van der Waals surface area contributed by atoms with Crippen molar-refractivity contribution >= 4 is 6.16 Å². The molecule has 0 aromatic carbocycles. The monoisotopic (exact) mass is 396 g/mol. The third-order valence-corrected chi connectivity index (χ3v) is 3.97. The fraction of sp³-hybridized carbons (Fsp3) is 0.923. The van der Waals surface area contributed by atoms with Crippen LogP contribution >= 0.6 is 0 Å². The average molecular weight is 396 g/mol. The molecule has 0 spiro atoms. The van der Waals surface area contributed by atoms with Crippen molar-refractivity contribution in [3.8, 4) is 0 Å². The predicted octanol–water partition coefficient (Wildman–Crippen LogP) is -0.378. The van der Waals surface area contributed by atoms with Crippen LogP contribution in [-0.2, 0) is 28.6 Å². The predicted molar refractivity (Wildman–Crippen MR) is 80.4 cm³/mol. The zero-order valence-electron chi connectivity index (χ0n) is 14.2. The molecule has 0 bridgehead atoms. The second-order valence-corrected chi connectivity index (χ2v) is 5.88. The lowest BCUT2D eigenvalue weighted by molar-refractivity contribution is -0.790. The Kier molecular flexibility index (Phi) is 7.75.